The summed E-state index contributed by atoms with van der Waals surface area (Å²) in [6.07, 6.45) is 0. The lowest BCUT2D eigenvalue weighted by Crippen LogP contribution is -2.37. The molecular formula is C18H23IN6OS. The van der Waals surface area contributed by atoms with Crippen LogP contribution in [0.25, 0.3) is 11.4 Å². The van der Waals surface area contributed by atoms with E-state index in [0.29, 0.717) is 18.9 Å². The molecule has 0 unspecified atom stereocenters. The molecule has 0 fully saturated rings. The Labute approximate surface area is 179 Å². The fourth-order valence-corrected chi connectivity index (χ4v) is 2.97. The van der Waals surface area contributed by atoms with E-state index >= 15 is 0 Å². The SMILES string of the molecule is CCNC(=NCc1ccsc1)NCc1nc(-c2ccc(OC)cc2)n[nH]1.I. The van der Waals surface area contributed by atoms with Crippen molar-refractivity contribution in [2.24, 2.45) is 4.99 Å². The molecule has 0 aliphatic carbocycles. The topological polar surface area (TPSA) is 87.2 Å². The van der Waals surface area contributed by atoms with Crippen LogP contribution >= 0.6 is 35.3 Å². The molecule has 7 nitrogen and oxygen atoms in total. The second-order valence-corrected chi connectivity index (χ2v) is 6.29. The van der Waals surface area contributed by atoms with E-state index in [1.54, 1.807) is 18.4 Å². The summed E-state index contributed by atoms with van der Waals surface area (Å²) in [7, 11) is 1.65. The third kappa shape index (κ3) is 6.21. The Bertz CT molecular complexity index is 832. The van der Waals surface area contributed by atoms with Gasteiger partial charge in [0.05, 0.1) is 20.2 Å². The monoisotopic (exact) mass is 498 g/mol. The maximum atomic E-state index is 5.17. The number of nitrogens with zero attached hydrogens (tertiary/aromatic N) is 3. The Morgan fingerprint density at radius 3 is 2.70 bits per heavy atom. The smallest absolute Gasteiger partial charge is 0.191 e. The highest BCUT2D eigenvalue weighted by molar-refractivity contribution is 14.0. The molecule has 0 spiro atoms. The van der Waals surface area contributed by atoms with Crippen LogP contribution in [0.4, 0.5) is 0 Å². The average Bonchev–Trinajstić information content (AvgIpc) is 3.36. The van der Waals surface area contributed by atoms with Gasteiger partial charge in [-0.05, 0) is 53.6 Å². The third-order valence-corrected chi connectivity index (χ3v) is 4.38. The van der Waals surface area contributed by atoms with Gasteiger partial charge in [0.15, 0.2) is 11.8 Å². The maximum absolute atomic E-state index is 5.17. The lowest BCUT2D eigenvalue weighted by Gasteiger charge is -2.09. The van der Waals surface area contributed by atoms with Crippen molar-refractivity contribution in [3.8, 4) is 17.1 Å². The number of halogens is 1. The first-order chi connectivity index (χ1) is 12.8. The zero-order valence-electron chi connectivity index (χ0n) is 15.2. The number of nitrogens with one attached hydrogen (secondary N) is 3. The molecule has 144 valence electrons. The molecule has 0 saturated heterocycles. The van der Waals surface area contributed by atoms with E-state index in [-0.39, 0.29) is 24.0 Å². The molecule has 2 heterocycles. The second-order valence-electron chi connectivity index (χ2n) is 5.51. The summed E-state index contributed by atoms with van der Waals surface area (Å²) in [5, 5.41) is 17.9. The number of guanidine groups is 1. The van der Waals surface area contributed by atoms with Gasteiger partial charge >= 0.3 is 0 Å². The van der Waals surface area contributed by atoms with Gasteiger partial charge in [-0.15, -0.1) is 24.0 Å². The standard InChI is InChI=1S/C18H22N6OS.HI/c1-3-19-18(20-10-13-8-9-26-12-13)21-11-16-22-17(24-23-16)14-4-6-15(25-2)7-5-14;/h4-9,12H,3,10-11H2,1-2H3,(H2,19,20,21)(H,22,23,24);1H. The van der Waals surface area contributed by atoms with Gasteiger partial charge in [0.1, 0.15) is 11.6 Å². The van der Waals surface area contributed by atoms with E-state index in [1.165, 1.54) is 5.56 Å². The van der Waals surface area contributed by atoms with Crippen molar-refractivity contribution in [1.29, 1.82) is 0 Å². The summed E-state index contributed by atoms with van der Waals surface area (Å²) in [4.78, 5) is 9.11. The number of methoxy groups -OCH3 is 1. The number of aromatic amines is 1. The number of hydrogen-bond acceptors (Lipinski definition) is 5. The Balaban J connectivity index is 0.00000261. The van der Waals surface area contributed by atoms with E-state index in [9.17, 15) is 0 Å². The summed E-state index contributed by atoms with van der Waals surface area (Å²) in [5.41, 5.74) is 2.14. The fourth-order valence-electron chi connectivity index (χ4n) is 2.31. The van der Waals surface area contributed by atoms with Gasteiger partial charge in [-0.1, -0.05) is 0 Å². The highest BCUT2D eigenvalue weighted by Gasteiger charge is 2.07. The van der Waals surface area contributed by atoms with Gasteiger partial charge in [0, 0.05) is 12.1 Å². The summed E-state index contributed by atoms with van der Waals surface area (Å²) < 4.78 is 5.17. The first-order valence-corrected chi connectivity index (χ1v) is 9.31. The molecule has 3 aromatic rings. The van der Waals surface area contributed by atoms with E-state index in [1.807, 2.05) is 31.2 Å². The highest BCUT2D eigenvalue weighted by Crippen LogP contribution is 2.18. The van der Waals surface area contributed by atoms with E-state index in [4.69, 9.17) is 4.74 Å². The van der Waals surface area contributed by atoms with Crippen molar-refractivity contribution in [2.45, 2.75) is 20.0 Å². The number of hydrogen-bond donors (Lipinski definition) is 3. The minimum atomic E-state index is 0. The molecule has 1 aromatic carbocycles. The molecule has 0 atom stereocenters. The van der Waals surface area contributed by atoms with Crippen molar-refractivity contribution in [2.75, 3.05) is 13.7 Å². The Morgan fingerprint density at radius 2 is 2.04 bits per heavy atom. The molecule has 3 N–H and O–H groups in total. The van der Waals surface area contributed by atoms with Gasteiger partial charge in [0.2, 0.25) is 0 Å². The normalized spacial score (nSPS) is 11.0. The van der Waals surface area contributed by atoms with Crippen molar-refractivity contribution in [3.63, 3.8) is 0 Å². The molecule has 3 rings (SSSR count). The number of thiophene rings is 1. The van der Waals surface area contributed by atoms with Gasteiger partial charge in [0.25, 0.3) is 0 Å². The summed E-state index contributed by atoms with van der Waals surface area (Å²) in [5.74, 6) is 2.96. The number of aliphatic imine (C=N–C) groups is 1. The zero-order valence-corrected chi connectivity index (χ0v) is 18.4. The molecule has 2 aromatic heterocycles. The van der Waals surface area contributed by atoms with Crippen LogP contribution < -0.4 is 15.4 Å². The number of aromatic nitrogens is 3. The summed E-state index contributed by atoms with van der Waals surface area (Å²) >= 11 is 1.68. The number of H-pyrrole nitrogens is 1. The summed E-state index contributed by atoms with van der Waals surface area (Å²) in [6.45, 7) is 3.99. The number of rotatable bonds is 7. The van der Waals surface area contributed by atoms with Crippen molar-refractivity contribution in [1.82, 2.24) is 25.8 Å². The predicted octanol–water partition coefficient (Wildman–Crippen LogP) is 3.42. The lowest BCUT2D eigenvalue weighted by atomic mass is 10.2. The van der Waals surface area contributed by atoms with Gasteiger partial charge < -0.3 is 15.4 Å². The maximum Gasteiger partial charge on any atom is 0.191 e. The molecular weight excluding hydrogens is 475 g/mol. The van der Waals surface area contributed by atoms with Gasteiger partial charge in [-0.25, -0.2) is 9.98 Å². The second kappa shape index (κ2) is 10.9. The number of ether oxygens (including phenoxy) is 1. The van der Waals surface area contributed by atoms with Gasteiger partial charge in [-0.2, -0.15) is 16.4 Å². The molecule has 9 heteroatoms. The predicted molar refractivity (Wildman–Crippen MR) is 120 cm³/mol. The van der Waals surface area contributed by atoms with Crippen molar-refractivity contribution >= 4 is 41.3 Å². The lowest BCUT2D eigenvalue weighted by molar-refractivity contribution is 0.415. The molecule has 0 radical (unpaired) electrons. The minimum absolute atomic E-state index is 0. The number of benzene rings is 1. The Hall–Kier alpha value is -2.14. The third-order valence-electron chi connectivity index (χ3n) is 3.65. The van der Waals surface area contributed by atoms with Crippen LogP contribution in [0.3, 0.4) is 0 Å². The van der Waals surface area contributed by atoms with E-state index in [2.05, 4.69) is 47.6 Å². The van der Waals surface area contributed by atoms with Crippen molar-refractivity contribution in [3.05, 3.63) is 52.5 Å². The van der Waals surface area contributed by atoms with E-state index < -0.39 is 0 Å². The zero-order chi connectivity index (χ0) is 18.2. The minimum Gasteiger partial charge on any atom is -0.497 e. The van der Waals surface area contributed by atoms with Crippen LogP contribution in [0.1, 0.15) is 18.3 Å². The fraction of sp³-hybridized carbons (Fsp3) is 0.278. The van der Waals surface area contributed by atoms with Crippen LogP contribution in [0, 0.1) is 0 Å². The first-order valence-electron chi connectivity index (χ1n) is 8.37. The highest BCUT2D eigenvalue weighted by atomic mass is 127. The van der Waals surface area contributed by atoms with Crippen LogP contribution in [0.15, 0.2) is 46.1 Å². The molecule has 0 saturated carbocycles. The molecule has 0 aliphatic rings. The Morgan fingerprint density at radius 1 is 1.22 bits per heavy atom. The van der Waals surface area contributed by atoms with Crippen LogP contribution in [-0.2, 0) is 13.1 Å². The Kier molecular flexibility index (Phi) is 8.52. The van der Waals surface area contributed by atoms with Crippen molar-refractivity contribution < 1.29 is 4.74 Å². The molecule has 27 heavy (non-hydrogen) atoms. The molecule has 0 aliphatic heterocycles. The first kappa shape index (κ1) is 21.2. The largest absolute Gasteiger partial charge is 0.497 e. The van der Waals surface area contributed by atoms with E-state index in [0.717, 1.165) is 29.6 Å². The van der Waals surface area contributed by atoms with Crippen LogP contribution in [0.2, 0.25) is 0 Å². The van der Waals surface area contributed by atoms with Crippen LogP contribution in [0.5, 0.6) is 5.75 Å². The molecule has 0 amide bonds. The van der Waals surface area contributed by atoms with Gasteiger partial charge in [-0.3, -0.25) is 5.10 Å². The quantitative estimate of drug-likeness (QED) is 0.264. The van der Waals surface area contributed by atoms with Crippen LogP contribution in [-0.4, -0.2) is 34.8 Å². The average molecular weight is 498 g/mol. The summed E-state index contributed by atoms with van der Waals surface area (Å²) in [6, 6.07) is 9.74. The molecule has 0 bridgehead atoms.